The number of allylic oxidation sites excluding steroid dienone is 1. The molecule has 0 amide bonds. The minimum atomic E-state index is -3.83. The summed E-state index contributed by atoms with van der Waals surface area (Å²) in [5.74, 6) is -1.18. The molecule has 0 spiro atoms. The van der Waals surface area contributed by atoms with Gasteiger partial charge in [0.15, 0.2) is 6.61 Å². The molecule has 0 fully saturated rings. The van der Waals surface area contributed by atoms with Crippen molar-refractivity contribution < 1.29 is 22.7 Å². The summed E-state index contributed by atoms with van der Waals surface area (Å²) in [6.07, 6.45) is 1.73. The topological polar surface area (TPSA) is 94.5 Å². The van der Waals surface area contributed by atoms with E-state index in [1.54, 1.807) is 31.2 Å². The summed E-state index contributed by atoms with van der Waals surface area (Å²) >= 11 is 0. The third-order valence-corrected chi connectivity index (χ3v) is 5.70. The fourth-order valence-electron chi connectivity index (χ4n) is 2.72. The van der Waals surface area contributed by atoms with E-state index in [0.29, 0.717) is 12.1 Å². The van der Waals surface area contributed by atoms with Crippen molar-refractivity contribution in [2.75, 3.05) is 13.2 Å². The average molecular weight is 404 g/mol. The fourth-order valence-corrected chi connectivity index (χ4v) is 3.69. The number of sulfonamides is 1. The summed E-state index contributed by atoms with van der Waals surface area (Å²) in [5.41, 5.74) is 3.05. The van der Waals surface area contributed by atoms with Gasteiger partial charge < -0.3 is 9.30 Å². The second kappa shape index (κ2) is 8.99. The van der Waals surface area contributed by atoms with Crippen LogP contribution in [0.25, 0.3) is 0 Å². The van der Waals surface area contributed by atoms with Crippen molar-refractivity contribution in [3.63, 3.8) is 0 Å². The molecule has 1 heterocycles. The Morgan fingerprint density at radius 2 is 1.82 bits per heavy atom. The number of hydrogen-bond acceptors (Lipinski definition) is 5. The largest absolute Gasteiger partial charge is 0.456 e. The zero-order chi connectivity index (χ0) is 20.9. The Kier molecular flexibility index (Phi) is 6.93. The molecule has 28 heavy (non-hydrogen) atoms. The van der Waals surface area contributed by atoms with Crippen LogP contribution >= 0.6 is 0 Å². The summed E-state index contributed by atoms with van der Waals surface area (Å²) in [5, 5.41) is 0. The van der Waals surface area contributed by atoms with Crippen molar-refractivity contribution >= 4 is 21.8 Å². The zero-order valence-corrected chi connectivity index (χ0v) is 17.0. The maximum atomic E-state index is 12.3. The average Bonchev–Trinajstić information content (AvgIpc) is 2.93. The standard InChI is InChI=1S/C20H24N2O5S/c1-5-10-22-15(3)11-18(16(22)4)19(23)13-27-20(24)12-21-28(25,26)17-8-6-14(2)7-9-17/h5-9,11,21H,1,10,12-13H2,2-4H3. The highest BCUT2D eigenvalue weighted by Gasteiger charge is 2.19. The molecule has 7 nitrogen and oxygen atoms in total. The zero-order valence-electron chi connectivity index (χ0n) is 16.2. The number of nitrogens with zero attached hydrogens (tertiary/aromatic N) is 1. The predicted octanol–water partition coefficient (Wildman–Crippen LogP) is 2.30. The van der Waals surface area contributed by atoms with Crippen molar-refractivity contribution in [3.05, 3.63) is 65.5 Å². The van der Waals surface area contributed by atoms with Crippen LogP contribution in [0.4, 0.5) is 0 Å². The molecule has 0 saturated carbocycles. The molecule has 1 aromatic carbocycles. The SMILES string of the molecule is C=CCn1c(C)cc(C(=O)COC(=O)CNS(=O)(=O)c2ccc(C)cc2)c1C. The van der Waals surface area contributed by atoms with Gasteiger partial charge in [0, 0.05) is 23.5 Å². The van der Waals surface area contributed by atoms with Crippen LogP contribution in [0.2, 0.25) is 0 Å². The van der Waals surface area contributed by atoms with Crippen LogP contribution in [-0.2, 0) is 26.1 Å². The Labute approximate surface area is 165 Å². The number of esters is 1. The van der Waals surface area contributed by atoms with E-state index in [2.05, 4.69) is 11.3 Å². The Morgan fingerprint density at radius 3 is 2.43 bits per heavy atom. The molecule has 0 aliphatic carbocycles. The first-order valence-corrected chi connectivity index (χ1v) is 10.2. The first-order chi connectivity index (χ1) is 13.2. The highest BCUT2D eigenvalue weighted by molar-refractivity contribution is 7.89. The van der Waals surface area contributed by atoms with Crippen LogP contribution in [-0.4, -0.2) is 37.9 Å². The summed E-state index contributed by atoms with van der Waals surface area (Å²) in [7, 11) is -3.83. The second-order valence-electron chi connectivity index (χ2n) is 6.41. The number of carbonyl (C=O) groups excluding carboxylic acids is 2. The lowest BCUT2D eigenvalue weighted by Crippen LogP contribution is -2.31. The van der Waals surface area contributed by atoms with Gasteiger partial charge in [0.05, 0.1) is 4.90 Å². The maximum absolute atomic E-state index is 12.3. The summed E-state index contributed by atoms with van der Waals surface area (Å²) in [6, 6.07) is 7.95. The predicted molar refractivity (Wildman–Crippen MR) is 106 cm³/mol. The maximum Gasteiger partial charge on any atom is 0.321 e. The van der Waals surface area contributed by atoms with Gasteiger partial charge in [-0.05, 0) is 39.0 Å². The van der Waals surface area contributed by atoms with E-state index in [9.17, 15) is 18.0 Å². The Balaban J connectivity index is 1.92. The van der Waals surface area contributed by atoms with Gasteiger partial charge in [0.1, 0.15) is 6.54 Å². The number of aryl methyl sites for hydroxylation is 2. The number of nitrogens with one attached hydrogen (secondary N) is 1. The van der Waals surface area contributed by atoms with Gasteiger partial charge in [-0.3, -0.25) is 9.59 Å². The minimum absolute atomic E-state index is 0.0524. The van der Waals surface area contributed by atoms with Crippen LogP contribution in [0, 0.1) is 20.8 Å². The summed E-state index contributed by atoms with van der Waals surface area (Å²) in [4.78, 5) is 24.2. The molecule has 0 radical (unpaired) electrons. The smallest absolute Gasteiger partial charge is 0.321 e. The van der Waals surface area contributed by atoms with E-state index >= 15 is 0 Å². The molecule has 2 aromatic rings. The first kappa shape index (κ1) is 21.6. The molecule has 0 unspecified atom stereocenters. The van der Waals surface area contributed by atoms with Crippen LogP contribution in [0.5, 0.6) is 0 Å². The molecule has 1 aromatic heterocycles. The molecule has 0 aliphatic rings. The van der Waals surface area contributed by atoms with Crippen LogP contribution in [0.15, 0.2) is 47.9 Å². The van der Waals surface area contributed by atoms with E-state index in [-0.39, 0.29) is 10.7 Å². The Bertz CT molecular complexity index is 988. The number of benzene rings is 1. The molecule has 8 heteroatoms. The molecule has 0 bridgehead atoms. The van der Waals surface area contributed by atoms with Gasteiger partial charge in [-0.25, -0.2) is 8.42 Å². The number of ketones is 1. The van der Waals surface area contributed by atoms with E-state index in [0.717, 1.165) is 17.0 Å². The van der Waals surface area contributed by atoms with Gasteiger partial charge in [-0.2, -0.15) is 4.72 Å². The molecule has 2 rings (SSSR count). The lowest BCUT2D eigenvalue weighted by Gasteiger charge is -2.08. The van der Waals surface area contributed by atoms with Crippen molar-refractivity contribution in [3.8, 4) is 0 Å². The highest BCUT2D eigenvalue weighted by atomic mass is 32.2. The van der Waals surface area contributed by atoms with Crippen molar-refractivity contribution in [1.29, 1.82) is 0 Å². The Hall–Kier alpha value is -2.71. The van der Waals surface area contributed by atoms with Crippen LogP contribution < -0.4 is 4.72 Å². The fraction of sp³-hybridized carbons (Fsp3) is 0.300. The quantitative estimate of drug-likeness (QED) is 0.393. The van der Waals surface area contributed by atoms with Gasteiger partial charge in [-0.1, -0.05) is 23.8 Å². The lowest BCUT2D eigenvalue weighted by molar-refractivity contribution is -0.141. The number of Topliss-reactive ketones (excluding diaryl/α,β-unsaturated/α-hetero) is 1. The number of ether oxygens (including phenoxy) is 1. The van der Waals surface area contributed by atoms with Crippen molar-refractivity contribution in [2.45, 2.75) is 32.2 Å². The summed E-state index contributed by atoms with van der Waals surface area (Å²) < 4.78 is 33.3. The first-order valence-electron chi connectivity index (χ1n) is 8.68. The second-order valence-corrected chi connectivity index (χ2v) is 8.17. The van der Waals surface area contributed by atoms with Crippen molar-refractivity contribution in [2.24, 2.45) is 0 Å². The van der Waals surface area contributed by atoms with Gasteiger partial charge in [0.25, 0.3) is 0 Å². The number of carbonyl (C=O) groups is 2. The molecular formula is C20H24N2O5S. The molecule has 0 saturated heterocycles. The number of hydrogen-bond donors (Lipinski definition) is 1. The van der Waals surface area contributed by atoms with E-state index < -0.39 is 29.1 Å². The third-order valence-electron chi connectivity index (χ3n) is 4.29. The lowest BCUT2D eigenvalue weighted by atomic mass is 10.1. The summed E-state index contributed by atoms with van der Waals surface area (Å²) in [6.45, 7) is 8.77. The van der Waals surface area contributed by atoms with Crippen LogP contribution in [0.3, 0.4) is 0 Å². The molecule has 1 N–H and O–H groups in total. The Morgan fingerprint density at radius 1 is 1.18 bits per heavy atom. The normalized spacial score (nSPS) is 11.2. The van der Waals surface area contributed by atoms with E-state index in [4.69, 9.17) is 4.74 Å². The monoisotopic (exact) mass is 404 g/mol. The molecular weight excluding hydrogens is 380 g/mol. The van der Waals surface area contributed by atoms with Crippen LogP contribution in [0.1, 0.15) is 27.3 Å². The number of aromatic nitrogens is 1. The molecule has 0 atom stereocenters. The third kappa shape index (κ3) is 5.17. The van der Waals surface area contributed by atoms with Crippen molar-refractivity contribution in [1.82, 2.24) is 9.29 Å². The molecule has 150 valence electrons. The van der Waals surface area contributed by atoms with Gasteiger partial charge >= 0.3 is 5.97 Å². The minimum Gasteiger partial charge on any atom is -0.456 e. The van der Waals surface area contributed by atoms with E-state index in [1.807, 2.05) is 18.4 Å². The molecule has 0 aliphatic heterocycles. The number of rotatable bonds is 9. The van der Waals surface area contributed by atoms with Gasteiger partial charge in [0.2, 0.25) is 15.8 Å². The van der Waals surface area contributed by atoms with E-state index in [1.165, 1.54) is 12.1 Å². The van der Waals surface area contributed by atoms with Gasteiger partial charge in [-0.15, -0.1) is 6.58 Å². The highest BCUT2D eigenvalue weighted by Crippen LogP contribution is 2.16.